The van der Waals surface area contributed by atoms with Gasteiger partial charge < -0.3 is 10.1 Å². The van der Waals surface area contributed by atoms with E-state index >= 15 is 0 Å². The molecular weight excluding hydrogens is 264 g/mol. The molecule has 1 aromatic carbocycles. The maximum atomic E-state index is 11.1. The summed E-state index contributed by atoms with van der Waals surface area (Å²) in [5.41, 5.74) is 1.27. The largest absolute Gasteiger partial charge is 0.385 e. The Morgan fingerprint density at radius 3 is 2.42 bits per heavy atom. The van der Waals surface area contributed by atoms with Gasteiger partial charge in [0.2, 0.25) is 10.0 Å². The molecule has 1 aliphatic carbocycles. The summed E-state index contributed by atoms with van der Waals surface area (Å²) in [6, 6.07) is 6.52. The third-order valence-electron chi connectivity index (χ3n) is 3.64. The average Bonchev–Trinajstić information content (AvgIpc) is 3.14. The molecule has 0 spiro atoms. The number of ether oxygens (including phenoxy) is 1. The van der Waals surface area contributed by atoms with E-state index in [1.807, 2.05) is 0 Å². The van der Waals surface area contributed by atoms with Crippen LogP contribution < -0.4 is 10.5 Å². The van der Waals surface area contributed by atoms with Crippen molar-refractivity contribution < 1.29 is 13.2 Å². The summed E-state index contributed by atoms with van der Waals surface area (Å²) < 4.78 is 27.4. The average molecular weight is 284 g/mol. The fourth-order valence-corrected chi connectivity index (χ4v) is 2.58. The van der Waals surface area contributed by atoms with Gasteiger partial charge in [-0.05, 0) is 48.9 Å². The fourth-order valence-electron chi connectivity index (χ4n) is 2.06. The van der Waals surface area contributed by atoms with E-state index in [2.05, 4.69) is 5.32 Å². The van der Waals surface area contributed by atoms with Crippen molar-refractivity contribution in [2.24, 2.45) is 10.6 Å². The summed E-state index contributed by atoms with van der Waals surface area (Å²) >= 11 is 0. The molecule has 19 heavy (non-hydrogen) atoms. The number of hydrogen-bond donors (Lipinski definition) is 2. The van der Waals surface area contributed by atoms with Gasteiger partial charge in [0.25, 0.3) is 0 Å². The van der Waals surface area contributed by atoms with Crippen LogP contribution in [0.4, 0.5) is 5.69 Å². The molecule has 1 saturated carbocycles. The van der Waals surface area contributed by atoms with Gasteiger partial charge in [-0.3, -0.25) is 0 Å². The fraction of sp³-hybridized carbons (Fsp3) is 0.538. The van der Waals surface area contributed by atoms with Crippen molar-refractivity contribution in [2.75, 3.05) is 25.6 Å². The van der Waals surface area contributed by atoms with Gasteiger partial charge in [0.05, 0.1) is 4.90 Å². The second kappa shape index (κ2) is 5.48. The third kappa shape index (κ3) is 3.92. The molecule has 0 amide bonds. The van der Waals surface area contributed by atoms with E-state index in [1.54, 1.807) is 19.2 Å². The monoisotopic (exact) mass is 284 g/mol. The van der Waals surface area contributed by atoms with Gasteiger partial charge in [0, 0.05) is 25.9 Å². The van der Waals surface area contributed by atoms with Crippen LogP contribution in [0.2, 0.25) is 0 Å². The van der Waals surface area contributed by atoms with E-state index in [1.165, 1.54) is 25.0 Å². The highest BCUT2D eigenvalue weighted by molar-refractivity contribution is 7.89. The second-order valence-corrected chi connectivity index (χ2v) is 6.73. The van der Waals surface area contributed by atoms with Gasteiger partial charge in [-0.25, -0.2) is 13.6 Å². The predicted molar refractivity (Wildman–Crippen MR) is 74.5 cm³/mol. The number of benzene rings is 1. The van der Waals surface area contributed by atoms with Gasteiger partial charge in [0.1, 0.15) is 0 Å². The number of sulfonamides is 1. The summed E-state index contributed by atoms with van der Waals surface area (Å²) in [6.07, 6.45) is 3.50. The second-order valence-electron chi connectivity index (χ2n) is 5.17. The molecule has 1 fully saturated rings. The van der Waals surface area contributed by atoms with Crippen LogP contribution in [0, 0.1) is 5.41 Å². The van der Waals surface area contributed by atoms with Crippen LogP contribution >= 0.6 is 0 Å². The lowest BCUT2D eigenvalue weighted by molar-refractivity contribution is 0.175. The van der Waals surface area contributed by atoms with Crippen molar-refractivity contribution in [2.45, 2.75) is 24.2 Å². The first kappa shape index (κ1) is 14.3. The molecule has 6 heteroatoms. The molecule has 0 radical (unpaired) electrons. The molecule has 1 aliphatic rings. The number of hydrogen-bond acceptors (Lipinski definition) is 4. The van der Waals surface area contributed by atoms with Gasteiger partial charge in [-0.2, -0.15) is 0 Å². The Morgan fingerprint density at radius 2 is 1.95 bits per heavy atom. The van der Waals surface area contributed by atoms with Crippen LogP contribution in [0.25, 0.3) is 0 Å². The third-order valence-corrected chi connectivity index (χ3v) is 4.57. The maximum Gasteiger partial charge on any atom is 0.238 e. The molecular formula is C13H20N2O3S. The predicted octanol–water partition coefficient (Wildman–Crippen LogP) is 1.56. The first-order valence-corrected chi connectivity index (χ1v) is 7.86. The molecule has 5 nitrogen and oxygen atoms in total. The highest BCUT2D eigenvalue weighted by atomic mass is 32.2. The summed E-state index contributed by atoms with van der Waals surface area (Å²) in [5.74, 6) is 0. The number of methoxy groups -OCH3 is 1. The Kier molecular flexibility index (Phi) is 4.13. The van der Waals surface area contributed by atoms with Crippen molar-refractivity contribution >= 4 is 15.7 Å². The van der Waals surface area contributed by atoms with Crippen LogP contribution in [-0.2, 0) is 14.8 Å². The van der Waals surface area contributed by atoms with Crippen molar-refractivity contribution in [1.29, 1.82) is 0 Å². The van der Waals surface area contributed by atoms with E-state index in [-0.39, 0.29) is 4.90 Å². The lowest BCUT2D eigenvalue weighted by Crippen LogP contribution is -2.17. The van der Waals surface area contributed by atoms with Crippen LogP contribution in [0.1, 0.15) is 19.3 Å². The first-order valence-electron chi connectivity index (χ1n) is 6.31. The number of nitrogens with one attached hydrogen (secondary N) is 1. The SMILES string of the molecule is COCCC1(CNc2ccc(S(N)(=O)=O)cc2)CC1. The van der Waals surface area contributed by atoms with E-state index in [4.69, 9.17) is 9.88 Å². The van der Waals surface area contributed by atoms with E-state index < -0.39 is 10.0 Å². The van der Waals surface area contributed by atoms with Gasteiger partial charge in [-0.1, -0.05) is 0 Å². The first-order chi connectivity index (χ1) is 8.95. The highest BCUT2D eigenvalue weighted by Crippen LogP contribution is 2.48. The minimum atomic E-state index is -3.61. The molecule has 0 unspecified atom stereocenters. The van der Waals surface area contributed by atoms with E-state index in [0.29, 0.717) is 5.41 Å². The van der Waals surface area contributed by atoms with Crippen LogP contribution in [0.15, 0.2) is 29.2 Å². The number of anilines is 1. The molecule has 106 valence electrons. The Morgan fingerprint density at radius 1 is 1.32 bits per heavy atom. The topological polar surface area (TPSA) is 81.4 Å². The van der Waals surface area contributed by atoms with E-state index in [0.717, 1.165) is 25.3 Å². The number of primary sulfonamides is 1. The highest BCUT2D eigenvalue weighted by Gasteiger charge is 2.41. The molecule has 0 aromatic heterocycles. The molecule has 0 heterocycles. The Bertz CT molecular complexity index is 521. The van der Waals surface area contributed by atoms with Crippen LogP contribution in [-0.4, -0.2) is 28.7 Å². The zero-order valence-electron chi connectivity index (χ0n) is 11.1. The Labute approximate surface area is 114 Å². The Balaban J connectivity index is 1.90. The summed E-state index contributed by atoms with van der Waals surface area (Å²) in [4.78, 5) is 0.138. The number of rotatable bonds is 7. The minimum Gasteiger partial charge on any atom is -0.385 e. The molecule has 0 aliphatic heterocycles. The standard InChI is InChI=1S/C13H20N2O3S/c1-18-9-8-13(6-7-13)10-15-11-2-4-12(5-3-11)19(14,16)17/h2-5,15H,6-10H2,1H3,(H2,14,16,17). The van der Waals surface area contributed by atoms with Crippen LogP contribution in [0.3, 0.4) is 0 Å². The quantitative estimate of drug-likeness (QED) is 0.796. The summed E-state index contributed by atoms with van der Waals surface area (Å²) in [6.45, 7) is 1.68. The molecule has 0 atom stereocenters. The zero-order valence-corrected chi connectivity index (χ0v) is 11.9. The van der Waals surface area contributed by atoms with Gasteiger partial charge >= 0.3 is 0 Å². The van der Waals surface area contributed by atoms with Crippen molar-refractivity contribution in [3.8, 4) is 0 Å². The van der Waals surface area contributed by atoms with E-state index in [9.17, 15) is 8.42 Å². The summed E-state index contributed by atoms with van der Waals surface area (Å²) in [7, 11) is -1.89. The zero-order chi connectivity index (χ0) is 13.9. The molecule has 0 saturated heterocycles. The lowest BCUT2D eigenvalue weighted by atomic mass is 10.0. The van der Waals surface area contributed by atoms with Crippen LogP contribution in [0.5, 0.6) is 0 Å². The molecule has 0 bridgehead atoms. The van der Waals surface area contributed by atoms with Gasteiger partial charge in [0.15, 0.2) is 0 Å². The smallest absolute Gasteiger partial charge is 0.238 e. The van der Waals surface area contributed by atoms with Crippen molar-refractivity contribution in [1.82, 2.24) is 0 Å². The van der Waals surface area contributed by atoms with Gasteiger partial charge in [-0.15, -0.1) is 0 Å². The normalized spacial score (nSPS) is 17.2. The van der Waals surface area contributed by atoms with Crippen molar-refractivity contribution in [3.63, 3.8) is 0 Å². The molecule has 1 aromatic rings. The number of nitrogens with two attached hydrogens (primary N) is 1. The minimum absolute atomic E-state index is 0.138. The molecule has 2 rings (SSSR count). The lowest BCUT2D eigenvalue weighted by Gasteiger charge is -2.16. The van der Waals surface area contributed by atoms with Crippen molar-refractivity contribution in [3.05, 3.63) is 24.3 Å². The molecule has 3 N–H and O–H groups in total. The Hall–Kier alpha value is -1.11. The maximum absolute atomic E-state index is 11.1. The summed E-state index contributed by atoms with van der Waals surface area (Å²) in [5, 5.41) is 8.40.